The van der Waals surface area contributed by atoms with E-state index in [1.807, 2.05) is 31.3 Å². The molecule has 2 aliphatic rings. The van der Waals surface area contributed by atoms with Crippen LogP contribution in [0.5, 0.6) is 11.5 Å². The summed E-state index contributed by atoms with van der Waals surface area (Å²) in [6, 6.07) is 10.8. The Morgan fingerprint density at radius 2 is 2.09 bits per heavy atom. The van der Waals surface area contributed by atoms with Crippen LogP contribution in [-0.2, 0) is 6.42 Å². The van der Waals surface area contributed by atoms with E-state index in [1.54, 1.807) is 6.92 Å². The Morgan fingerprint density at radius 1 is 1.28 bits per heavy atom. The Labute approximate surface area is 185 Å². The predicted molar refractivity (Wildman–Crippen MR) is 122 cm³/mol. The van der Waals surface area contributed by atoms with Crippen molar-refractivity contribution in [2.45, 2.75) is 31.8 Å². The molecule has 1 aromatic heterocycles. The number of hydrogen-bond donors (Lipinski definition) is 2. The summed E-state index contributed by atoms with van der Waals surface area (Å²) in [6.45, 7) is 3.24. The quantitative estimate of drug-likeness (QED) is 0.654. The van der Waals surface area contributed by atoms with Gasteiger partial charge in [-0.25, -0.2) is 0 Å². The molecule has 5 rings (SSSR count). The highest BCUT2D eigenvalue weighted by Gasteiger charge is 2.33. The number of nitrogens with zero attached hydrogens (tertiary/aromatic N) is 2. The number of aromatic hydroxyl groups is 1. The zero-order chi connectivity index (χ0) is 22.4. The molecule has 32 heavy (non-hydrogen) atoms. The predicted octanol–water partition coefficient (Wildman–Crippen LogP) is 3.29. The number of hydrogen-bond acceptors (Lipinski definition) is 7. The van der Waals surface area contributed by atoms with Gasteiger partial charge in [-0.15, -0.1) is 0 Å². The van der Waals surface area contributed by atoms with E-state index in [0.29, 0.717) is 36.5 Å². The van der Waals surface area contributed by atoms with E-state index in [1.165, 1.54) is 12.1 Å². The summed E-state index contributed by atoms with van der Waals surface area (Å²) in [5.74, 6) is 0.387. The summed E-state index contributed by atoms with van der Waals surface area (Å²) < 4.78 is 12.1. The maximum atomic E-state index is 12.6. The van der Waals surface area contributed by atoms with Crippen molar-refractivity contribution in [3.63, 3.8) is 0 Å². The number of β-amino-alcohol motifs (C(OH)–C–C–N with tert-alkyl or cyclic N) is 1. The minimum Gasteiger partial charge on any atom is -0.507 e. The van der Waals surface area contributed by atoms with Gasteiger partial charge in [0.2, 0.25) is 0 Å². The molecule has 7 heteroatoms. The summed E-state index contributed by atoms with van der Waals surface area (Å²) >= 11 is 0. The third kappa shape index (κ3) is 3.67. The molecule has 3 heterocycles. The number of phenolic OH excluding ortho intramolecular Hbond substituents is 1. The number of ether oxygens (including phenoxy) is 1. The normalized spacial score (nSPS) is 20.9. The Kier molecular flexibility index (Phi) is 5.23. The molecule has 3 aromatic rings. The largest absolute Gasteiger partial charge is 0.507 e. The van der Waals surface area contributed by atoms with Crippen molar-refractivity contribution in [1.82, 2.24) is 4.90 Å². The van der Waals surface area contributed by atoms with Crippen LogP contribution in [0.4, 0.5) is 5.69 Å². The first-order valence-corrected chi connectivity index (χ1v) is 10.8. The van der Waals surface area contributed by atoms with E-state index < -0.39 is 6.10 Å². The Morgan fingerprint density at radius 3 is 2.88 bits per heavy atom. The van der Waals surface area contributed by atoms with Crippen LogP contribution in [0.3, 0.4) is 0 Å². The molecule has 0 spiro atoms. The molecule has 2 aliphatic heterocycles. The highest BCUT2D eigenvalue weighted by atomic mass is 16.5. The first-order chi connectivity index (χ1) is 15.4. The fourth-order valence-corrected chi connectivity index (χ4v) is 4.77. The lowest BCUT2D eigenvalue weighted by Gasteiger charge is -2.34. The number of para-hydroxylation sites is 1. The van der Waals surface area contributed by atoms with Crippen LogP contribution in [0.2, 0.25) is 0 Å². The number of rotatable bonds is 4. The van der Waals surface area contributed by atoms with Gasteiger partial charge < -0.3 is 24.3 Å². The van der Waals surface area contributed by atoms with Crippen molar-refractivity contribution < 1.29 is 19.4 Å². The van der Waals surface area contributed by atoms with Gasteiger partial charge in [0.1, 0.15) is 34.8 Å². The Balaban J connectivity index is 1.57. The summed E-state index contributed by atoms with van der Waals surface area (Å²) in [4.78, 5) is 19.4. The SMILES string of the molecule is Cc1cc(=O)c2c(O)cc(OCC3=Nc4ccccc4C3)c(C3CCN(C)CC3O)c2o1. The molecule has 0 aliphatic carbocycles. The number of aliphatic hydroxyl groups is 1. The molecule has 0 saturated carbocycles. The molecule has 2 unspecified atom stereocenters. The number of likely N-dealkylation sites (N-methyl/N-ethyl adjacent to an activating group) is 1. The topological polar surface area (TPSA) is 95.5 Å². The average molecular weight is 434 g/mol. The maximum Gasteiger partial charge on any atom is 0.196 e. The zero-order valence-corrected chi connectivity index (χ0v) is 18.2. The van der Waals surface area contributed by atoms with Crippen molar-refractivity contribution in [1.29, 1.82) is 0 Å². The number of phenols is 1. The fraction of sp³-hybridized carbons (Fsp3) is 0.360. The van der Waals surface area contributed by atoms with Gasteiger partial charge in [-0.1, -0.05) is 18.2 Å². The molecular weight excluding hydrogens is 408 g/mol. The van der Waals surface area contributed by atoms with Crippen LogP contribution < -0.4 is 10.2 Å². The van der Waals surface area contributed by atoms with Crippen molar-refractivity contribution >= 4 is 22.4 Å². The highest BCUT2D eigenvalue weighted by Crippen LogP contribution is 2.42. The molecule has 2 aromatic carbocycles. The number of likely N-dealkylation sites (tertiary alicyclic amines) is 1. The van der Waals surface area contributed by atoms with Crippen molar-refractivity contribution in [3.8, 4) is 11.5 Å². The third-order valence-electron chi connectivity index (χ3n) is 6.32. The van der Waals surface area contributed by atoms with Gasteiger partial charge in [0.15, 0.2) is 5.43 Å². The second kappa shape index (κ2) is 8.07. The summed E-state index contributed by atoms with van der Waals surface area (Å²) in [5, 5.41) is 21.6. The standard InChI is InChI=1S/C25H26N2O5/c1-14-9-19(28)24-20(29)11-22(31-13-16-10-15-5-3-4-6-18(15)26-16)23(25(24)32-14)17-7-8-27(2)12-21(17)30/h3-6,9,11,17,21,29-30H,7-8,10,12-13H2,1-2H3. The van der Waals surface area contributed by atoms with Crippen LogP contribution in [0.1, 0.15) is 29.2 Å². The van der Waals surface area contributed by atoms with Gasteiger partial charge in [-0.3, -0.25) is 9.79 Å². The van der Waals surface area contributed by atoms with Gasteiger partial charge in [0.25, 0.3) is 0 Å². The Hall–Kier alpha value is -3.16. The number of aliphatic imine (C=N–C) groups is 1. The summed E-state index contributed by atoms with van der Waals surface area (Å²) in [7, 11) is 1.96. The number of aliphatic hydroxyl groups excluding tert-OH is 1. The van der Waals surface area contributed by atoms with Crippen molar-refractivity contribution in [2.75, 3.05) is 26.7 Å². The van der Waals surface area contributed by atoms with E-state index in [9.17, 15) is 15.0 Å². The van der Waals surface area contributed by atoms with Gasteiger partial charge in [0.05, 0.1) is 17.5 Å². The van der Waals surface area contributed by atoms with Gasteiger partial charge in [-0.05, 0) is 38.6 Å². The molecule has 2 N–H and O–H groups in total. The second-order valence-corrected chi connectivity index (χ2v) is 8.73. The summed E-state index contributed by atoms with van der Waals surface area (Å²) in [5.41, 5.74) is 3.59. The minimum absolute atomic E-state index is 0.120. The zero-order valence-electron chi connectivity index (χ0n) is 18.2. The first-order valence-electron chi connectivity index (χ1n) is 10.8. The van der Waals surface area contributed by atoms with E-state index in [4.69, 9.17) is 9.15 Å². The van der Waals surface area contributed by atoms with E-state index >= 15 is 0 Å². The van der Waals surface area contributed by atoms with Gasteiger partial charge in [0, 0.05) is 36.6 Å². The van der Waals surface area contributed by atoms with Crippen LogP contribution in [0.25, 0.3) is 11.0 Å². The molecular formula is C25H26N2O5. The molecule has 1 fully saturated rings. The third-order valence-corrected chi connectivity index (χ3v) is 6.32. The fourth-order valence-electron chi connectivity index (χ4n) is 4.77. The number of fused-ring (bicyclic) bond motifs is 2. The molecule has 0 amide bonds. The Bertz CT molecular complexity index is 1280. The van der Waals surface area contributed by atoms with E-state index in [-0.39, 0.29) is 34.7 Å². The maximum absolute atomic E-state index is 12.6. The van der Waals surface area contributed by atoms with E-state index in [0.717, 1.165) is 23.5 Å². The van der Waals surface area contributed by atoms with E-state index in [2.05, 4.69) is 9.89 Å². The lowest BCUT2D eigenvalue weighted by molar-refractivity contribution is 0.0629. The molecule has 166 valence electrons. The van der Waals surface area contributed by atoms with Crippen molar-refractivity contribution in [3.05, 3.63) is 63.5 Å². The van der Waals surface area contributed by atoms with Crippen LogP contribution >= 0.6 is 0 Å². The lowest BCUT2D eigenvalue weighted by Crippen LogP contribution is -2.40. The van der Waals surface area contributed by atoms with Gasteiger partial charge >= 0.3 is 0 Å². The highest BCUT2D eigenvalue weighted by molar-refractivity contribution is 5.95. The second-order valence-electron chi connectivity index (χ2n) is 8.73. The monoisotopic (exact) mass is 434 g/mol. The number of piperidine rings is 1. The lowest BCUT2D eigenvalue weighted by atomic mass is 9.85. The minimum atomic E-state index is -0.650. The molecule has 0 radical (unpaired) electrons. The molecule has 7 nitrogen and oxygen atoms in total. The van der Waals surface area contributed by atoms with Crippen LogP contribution in [-0.4, -0.2) is 53.7 Å². The number of aryl methyl sites for hydroxylation is 1. The summed E-state index contributed by atoms with van der Waals surface area (Å²) in [6.07, 6.45) is 0.733. The molecule has 2 atom stereocenters. The van der Waals surface area contributed by atoms with Crippen LogP contribution in [0, 0.1) is 6.92 Å². The smallest absolute Gasteiger partial charge is 0.196 e. The van der Waals surface area contributed by atoms with Crippen molar-refractivity contribution in [2.24, 2.45) is 4.99 Å². The molecule has 1 saturated heterocycles. The first kappa shape index (κ1) is 20.7. The average Bonchev–Trinajstić information content (AvgIpc) is 3.15. The van der Waals surface area contributed by atoms with Gasteiger partial charge in [-0.2, -0.15) is 0 Å². The molecule has 0 bridgehead atoms. The number of benzene rings is 2. The van der Waals surface area contributed by atoms with Crippen LogP contribution in [0.15, 0.2) is 50.6 Å².